The van der Waals surface area contributed by atoms with Crippen molar-refractivity contribution in [1.82, 2.24) is 14.9 Å². The van der Waals surface area contributed by atoms with E-state index in [0.29, 0.717) is 13.1 Å². The highest BCUT2D eigenvalue weighted by molar-refractivity contribution is 7.13. The third kappa shape index (κ3) is 4.03. The van der Waals surface area contributed by atoms with Gasteiger partial charge < -0.3 is 14.5 Å². The van der Waals surface area contributed by atoms with E-state index in [1.165, 1.54) is 0 Å². The fourth-order valence-corrected chi connectivity index (χ4v) is 3.22. The molecule has 0 spiro atoms. The Morgan fingerprint density at radius 1 is 1.21 bits per heavy atom. The molecule has 6 nitrogen and oxygen atoms in total. The Labute approximate surface area is 146 Å². The molecule has 1 fully saturated rings. The summed E-state index contributed by atoms with van der Waals surface area (Å²) >= 11 is 1.66. The van der Waals surface area contributed by atoms with Gasteiger partial charge in [0.05, 0.1) is 10.6 Å². The highest BCUT2D eigenvalue weighted by atomic mass is 32.1. The minimum atomic E-state index is -0.462. The highest BCUT2D eigenvalue weighted by Gasteiger charge is 2.26. The fraction of sp³-hybridized carbons (Fsp3) is 0.471. The lowest BCUT2D eigenvalue weighted by Crippen LogP contribution is -2.50. The molecule has 1 saturated heterocycles. The quantitative estimate of drug-likeness (QED) is 0.835. The summed E-state index contributed by atoms with van der Waals surface area (Å²) < 4.78 is 5.43. The molecule has 2 aromatic rings. The van der Waals surface area contributed by atoms with Gasteiger partial charge in [-0.15, -0.1) is 11.3 Å². The largest absolute Gasteiger partial charge is 0.444 e. The van der Waals surface area contributed by atoms with E-state index < -0.39 is 5.60 Å². The average molecular weight is 346 g/mol. The number of anilines is 1. The molecule has 1 aliphatic rings. The van der Waals surface area contributed by atoms with Gasteiger partial charge in [0.2, 0.25) is 0 Å². The van der Waals surface area contributed by atoms with Gasteiger partial charge in [-0.05, 0) is 32.2 Å². The molecule has 0 aliphatic carbocycles. The second-order valence-corrected chi connectivity index (χ2v) is 7.64. The maximum Gasteiger partial charge on any atom is 0.410 e. The van der Waals surface area contributed by atoms with Crippen LogP contribution in [0.1, 0.15) is 20.8 Å². The summed E-state index contributed by atoms with van der Waals surface area (Å²) in [6.45, 7) is 8.39. The molecule has 3 rings (SSSR count). The predicted octanol–water partition coefficient (Wildman–Crippen LogP) is 3.26. The van der Waals surface area contributed by atoms with Gasteiger partial charge in [0.25, 0.3) is 0 Å². The molecule has 1 amide bonds. The van der Waals surface area contributed by atoms with Gasteiger partial charge in [-0.1, -0.05) is 6.07 Å². The minimum Gasteiger partial charge on any atom is -0.444 e. The number of hydrogen-bond acceptors (Lipinski definition) is 6. The van der Waals surface area contributed by atoms with Gasteiger partial charge in [-0.25, -0.2) is 14.8 Å². The zero-order valence-corrected chi connectivity index (χ0v) is 15.0. The first kappa shape index (κ1) is 16.7. The Bertz CT molecular complexity index is 689. The third-order valence-electron chi connectivity index (χ3n) is 3.68. The number of hydrogen-bond donors (Lipinski definition) is 0. The van der Waals surface area contributed by atoms with Gasteiger partial charge in [0, 0.05) is 32.2 Å². The van der Waals surface area contributed by atoms with Crippen LogP contribution in [0.15, 0.2) is 29.9 Å². The number of thiophene rings is 1. The first-order valence-electron chi connectivity index (χ1n) is 8.01. The van der Waals surface area contributed by atoms with Gasteiger partial charge in [-0.3, -0.25) is 0 Å². The fourth-order valence-electron chi connectivity index (χ4n) is 2.52. The second-order valence-electron chi connectivity index (χ2n) is 6.69. The van der Waals surface area contributed by atoms with Crippen LogP contribution in [0.5, 0.6) is 0 Å². The topological polar surface area (TPSA) is 58.6 Å². The molecule has 0 aromatic carbocycles. The van der Waals surface area contributed by atoms with Crippen molar-refractivity contribution in [2.24, 2.45) is 0 Å². The normalized spacial score (nSPS) is 15.5. The summed E-state index contributed by atoms with van der Waals surface area (Å²) in [4.78, 5) is 25.9. The summed E-state index contributed by atoms with van der Waals surface area (Å²) in [7, 11) is 0. The monoisotopic (exact) mass is 346 g/mol. The van der Waals surface area contributed by atoms with Gasteiger partial charge in [-0.2, -0.15) is 0 Å². The van der Waals surface area contributed by atoms with Gasteiger partial charge >= 0.3 is 6.09 Å². The zero-order valence-electron chi connectivity index (χ0n) is 14.2. The Morgan fingerprint density at radius 2 is 1.96 bits per heavy atom. The molecule has 3 heterocycles. The van der Waals surface area contributed by atoms with Crippen molar-refractivity contribution in [1.29, 1.82) is 0 Å². The predicted molar refractivity (Wildman–Crippen MR) is 95.4 cm³/mol. The van der Waals surface area contributed by atoms with Crippen LogP contribution in [0.3, 0.4) is 0 Å². The van der Waals surface area contributed by atoms with Crippen LogP contribution in [0, 0.1) is 0 Å². The van der Waals surface area contributed by atoms with Crippen LogP contribution in [-0.2, 0) is 4.74 Å². The number of aromatic nitrogens is 2. The van der Waals surface area contributed by atoms with Crippen LogP contribution in [0.4, 0.5) is 10.6 Å². The molecule has 128 valence electrons. The summed E-state index contributed by atoms with van der Waals surface area (Å²) in [5, 5.41) is 2.04. The lowest BCUT2D eigenvalue weighted by Gasteiger charge is -2.36. The molecule has 1 aliphatic heterocycles. The summed E-state index contributed by atoms with van der Waals surface area (Å²) in [5.74, 6) is 0.900. The van der Waals surface area contributed by atoms with Crippen LogP contribution >= 0.6 is 11.3 Å². The van der Waals surface area contributed by atoms with E-state index in [4.69, 9.17) is 4.74 Å². The molecule has 7 heteroatoms. The number of piperazine rings is 1. The minimum absolute atomic E-state index is 0.246. The maximum atomic E-state index is 12.1. The van der Waals surface area contributed by atoms with Gasteiger partial charge in [0.15, 0.2) is 0 Å². The van der Waals surface area contributed by atoms with Crippen molar-refractivity contribution in [3.05, 3.63) is 29.9 Å². The standard InChI is InChI=1S/C17H22N4O2S/c1-17(2,3)23-16(22)21-8-6-20(7-9-21)15-11-13(18-12-19-15)14-5-4-10-24-14/h4-5,10-12H,6-9H2,1-3H3. The van der Waals surface area contributed by atoms with Crippen LogP contribution in [0.25, 0.3) is 10.6 Å². The van der Waals surface area contributed by atoms with Crippen molar-refractivity contribution in [3.63, 3.8) is 0 Å². The third-order valence-corrected chi connectivity index (χ3v) is 4.57. The molecular weight excluding hydrogens is 324 g/mol. The zero-order chi connectivity index (χ0) is 17.2. The van der Waals surface area contributed by atoms with Crippen LogP contribution in [-0.4, -0.2) is 52.7 Å². The molecule has 0 N–H and O–H groups in total. The first-order chi connectivity index (χ1) is 11.4. The van der Waals surface area contributed by atoms with Crippen LogP contribution in [0.2, 0.25) is 0 Å². The average Bonchev–Trinajstić information content (AvgIpc) is 3.08. The SMILES string of the molecule is CC(C)(C)OC(=O)N1CCN(c2cc(-c3cccs3)ncn2)CC1. The van der Waals surface area contributed by atoms with E-state index in [1.807, 2.05) is 38.3 Å². The van der Waals surface area contributed by atoms with Crippen molar-refractivity contribution in [2.45, 2.75) is 26.4 Å². The lowest BCUT2D eigenvalue weighted by atomic mass is 10.2. The van der Waals surface area contributed by atoms with Crippen molar-refractivity contribution >= 4 is 23.2 Å². The number of carbonyl (C=O) groups is 1. The summed E-state index contributed by atoms with van der Waals surface area (Å²) in [5.41, 5.74) is 0.473. The number of carbonyl (C=O) groups excluding carboxylic acids is 1. The summed E-state index contributed by atoms with van der Waals surface area (Å²) in [6, 6.07) is 6.08. The van der Waals surface area contributed by atoms with Crippen molar-refractivity contribution in [3.8, 4) is 10.6 Å². The maximum absolute atomic E-state index is 12.1. The smallest absolute Gasteiger partial charge is 0.410 e. The highest BCUT2D eigenvalue weighted by Crippen LogP contribution is 2.25. The molecule has 0 radical (unpaired) electrons. The molecular formula is C17H22N4O2S. The van der Waals surface area contributed by atoms with E-state index in [0.717, 1.165) is 29.5 Å². The Kier molecular flexibility index (Phi) is 4.71. The number of amides is 1. The van der Waals surface area contributed by atoms with E-state index in [9.17, 15) is 4.79 Å². The van der Waals surface area contributed by atoms with Crippen molar-refractivity contribution < 1.29 is 9.53 Å². The Morgan fingerprint density at radius 3 is 2.58 bits per heavy atom. The molecule has 24 heavy (non-hydrogen) atoms. The molecule has 2 aromatic heterocycles. The molecule has 0 saturated carbocycles. The van der Waals surface area contributed by atoms with E-state index in [2.05, 4.69) is 20.9 Å². The lowest BCUT2D eigenvalue weighted by molar-refractivity contribution is 0.0240. The first-order valence-corrected chi connectivity index (χ1v) is 8.89. The van der Waals surface area contributed by atoms with E-state index in [-0.39, 0.29) is 6.09 Å². The van der Waals surface area contributed by atoms with E-state index in [1.54, 1.807) is 22.6 Å². The number of nitrogens with zero attached hydrogens (tertiary/aromatic N) is 4. The molecule has 0 atom stereocenters. The molecule has 0 bridgehead atoms. The Balaban J connectivity index is 1.63. The second kappa shape index (κ2) is 6.76. The number of ether oxygens (including phenoxy) is 1. The van der Waals surface area contributed by atoms with Crippen molar-refractivity contribution in [2.75, 3.05) is 31.1 Å². The van der Waals surface area contributed by atoms with Crippen LogP contribution < -0.4 is 4.90 Å². The molecule has 0 unspecified atom stereocenters. The Hall–Kier alpha value is -2.15. The van der Waals surface area contributed by atoms with Gasteiger partial charge in [0.1, 0.15) is 17.7 Å². The summed E-state index contributed by atoms with van der Waals surface area (Å²) in [6.07, 6.45) is 1.36. The number of rotatable bonds is 2. The van der Waals surface area contributed by atoms with E-state index >= 15 is 0 Å².